The Morgan fingerprint density at radius 3 is 2.88 bits per heavy atom. The number of esters is 1. The first-order chi connectivity index (χ1) is 11.4. The van der Waals surface area contributed by atoms with Crippen LogP contribution in [0.2, 0.25) is 0 Å². The van der Waals surface area contributed by atoms with Crippen molar-refractivity contribution in [3.8, 4) is 0 Å². The van der Waals surface area contributed by atoms with Crippen molar-refractivity contribution in [1.82, 2.24) is 4.90 Å². The second-order valence-electron chi connectivity index (χ2n) is 6.82. The summed E-state index contributed by atoms with van der Waals surface area (Å²) in [6.45, 7) is 4.45. The molecule has 0 bridgehead atoms. The number of carbonyl (C=O) groups excluding carboxylic acids is 2. The van der Waals surface area contributed by atoms with E-state index in [-0.39, 0.29) is 31.3 Å². The Morgan fingerprint density at radius 2 is 2.21 bits per heavy atom. The second kappa shape index (κ2) is 6.07. The second-order valence-corrected chi connectivity index (χ2v) is 6.82. The van der Waals surface area contributed by atoms with Gasteiger partial charge in [-0.05, 0) is 50.7 Å². The first kappa shape index (κ1) is 16.7. The maximum atomic E-state index is 12.9. The van der Waals surface area contributed by atoms with Gasteiger partial charge in [0.2, 0.25) is 5.91 Å². The van der Waals surface area contributed by atoms with Gasteiger partial charge in [0, 0.05) is 12.2 Å². The van der Waals surface area contributed by atoms with Crippen LogP contribution in [0.25, 0.3) is 0 Å². The van der Waals surface area contributed by atoms with E-state index >= 15 is 0 Å². The summed E-state index contributed by atoms with van der Waals surface area (Å²) in [6, 6.07) is 0. The lowest BCUT2D eigenvalue weighted by molar-refractivity contribution is -0.163. The van der Waals surface area contributed by atoms with E-state index < -0.39 is 17.3 Å². The monoisotopic (exact) mass is 333 g/mol. The molecule has 2 atom stereocenters. The van der Waals surface area contributed by atoms with Crippen LogP contribution in [-0.4, -0.2) is 41.0 Å². The number of hydrogen-bond acceptors (Lipinski definition) is 4. The molecule has 0 spiro atoms. The molecule has 0 aromatic heterocycles. The summed E-state index contributed by atoms with van der Waals surface area (Å²) in [4.78, 5) is 38.5. The standard InChI is InChI=1S/C18H23NO5/c1-3-24-17(23)18-7-4-5-13-11(2)6-8-19(15(13)18)16(22)12(10-18)9-14(20)21/h6,12H,3-5,7-10H2,1-2H3,(H,20,21)/t12-,18-/m0/s1. The van der Waals surface area contributed by atoms with Crippen LogP contribution in [0.3, 0.4) is 0 Å². The summed E-state index contributed by atoms with van der Waals surface area (Å²) < 4.78 is 5.35. The van der Waals surface area contributed by atoms with Gasteiger partial charge in [-0.3, -0.25) is 14.4 Å². The molecule has 6 nitrogen and oxygen atoms in total. The quantitative estimate of drug-likeness (QED) is 0.798. The molecule has 2 heterocycles. The minimum Gasteiger partial charge on any atom is -0.481 e. The molecule has 3 rings (SSSR count). The molecule has 0 radical (unpaired) electrons. The van der Waals surface area contributed by atoms with Crippen molar-refractivity contribution >= 4 is 17.8 Å². The van der Waals surface area contributed by atoms with E-state index in [9.17, 15) is 14.4 Å². The van der Waals surface area contributed by atoms with Crippen molar-refractivity contribution in [3.05, 3.63) is 22.9 Å². The van der Waals surface area contributed by atoms with Crippen LogP contribution in [0.5, 0.6) is 0 Å². The van der Waals surface area contributed by atoms with E-state index in [0.29, 0.717) is 13.0 Å². The van der Waals surface area contributed by atoms with Gasteiger partial charge in [0.1, 0.15) is 5.41 Å². The first-order valence-corrected chi connectivity index (χ1v) is 8.52. The third kappa shape index (κ3) is 2.44. The summed E-state index contributed by atoms with van der Waals surface area (Å²) in [5.41, 5.74) is 2.06. The Morgan fingerprint density at radius 1 is 1.46 bits per heavy atom. The van der Waals surface area contributed by atoms with Crippen molar-refractivity contribution in [2.45, 2.75) is 46.0 Å². The van der Waals surface area contributed by atoms with Gasteiger partial charge in [-0.1, -0.05) is 6.08 Å². The van der Waals surface area contributed by atoms with E-state index in [4.69, 9.17) is 9.84 Å². The molecule has 1 aliphatic carbocycles. The fourth-order valence-corrected chi connectivity index (χ4v) is 4.39. The van der Waals surface area contributed by atoms with Crippen molar-refractivity contribution in [1.29, 1.82) is 0 Å². The van der Waals surface area contributed by atoms with Crippen LogP contribution in [-0.2, 0) is 19.1 Å². The van der Waals surface area contributed by atoms with Crippen molar-refractivity contribution in [2.75, 3.05) is 13.2 Å². The first-order valence-electron chi connectivity index (χ1n) is 8.52. The molecular formula is C18H23NO5. The number of piperidine rings is 1. The Hall–Kier alpha value is -2.11. The third-order valence-electron chi connectivity index (χ3n) is 5.39. The molecule has 130 valence electrons. The minimum absolute atomic E-state index is 0.185. The van der Waals surface area contributed by atoms with Crippen molar-refractivity contribution in [2.24, 2.45) is 11.3 Å². The zero-order chi connectivity index (χ0) is 17.5. The summed E-state index contributed by atoms with van der Waals surface area (Å²) in [6.07, 6.45) is 4.26. The molecule has 1 fully saturated rings. The molecule has 1 amide bonds. The molecule has 0 aromatic carbocycles. The largest absolute Gasteiger partial charge is 0.481 e. The molecule has 1 saturated heterocycles. The summed E-state index contributed by atoms with van der Waals surface area (Å²) in [5, 5.41) is 9.16. The molecule has 24 heavy (non-hydrogen) atoms. The maximum Gasteiger partial charge on any atom is 0.318 e. The Balaban J connectivity index is 2.12. The number of carboxylic acid groups (broad SMARTS) is 1. The van der Waals surface area contributed by atoms with Crippen LogP contribution in [0.1, 0.15) is 46.0 Å². The van der Waals surface area contributed by atoms with Crippen LogP contribution < -0.4 is 0 Å². The smallest absolute Gasteiger partial charge is 0.318 e. The Kier molecular flexibility index (Phi) is 4.24. The molecule has 0 unspecified atom stereocenters. The van der Waals surface area contributed by atoms with Crippen LogP contribution in [0, 0.1) is 11.3 Å². The average molecular weight is 333 g/mol. The van der Waals surface area contributed by atoms with Gasteiger partial charge in [0.25, 0.3) is 0 Å². The van der Waals surface area contributed by atoms with Gasteiger partial charge in [0.15, 0.2) is 0 Å². The van der Waals surface area contributed by atoms with E-state index in [2.05, 4.69) is 0 Å². The topological polar surface area (TPSA) is 83.9 Å². The predicted octanol–water partition coefficient (Wildman–Crippen LogP) is 2.26. The number of aliphatic carboxylic acids is 1. The van der Waals surface area contributed by atoms with Gasteiger partial charge in [-0.15, -0.1) is 0 Å². The van der Waals surface area contributed by atoms with E-state index in [1.54, 1.807) is 11.8 Å². The maximum absolute atomic E-state index is 12.9. The number of amides is 1. The van der Waals surface area contributed by atoms with Crippen LogP contribution in [0.15, 0.2) is 22.9 Å². The summed E-state index contributed by atoms with van der Waals surface area (Å²) in [7, 11) is 0. The molecular weight excluding hydrogens is 310 g/mol. The number of carbonyl (C=O) groups is 3. The minimum atomic E-state index is -1.01. The highest BCUT2D eigenvalue weighted by molar-refractivity contribution is 5.92. The molecule has 0 saturated carbocycles. The highest BCUT2D eigenvalue weighted by Crippen LogP contribution is 2.54. The molecule has 0 aromatic rings. The average Bonchev–Trinajstić information content (AvgIpc) is 2.53. The number of carboxylic acids is 1. The molecule has 6 heteroatoms. The van der Waals surface area contributed by atoms with Gasteiger partial charge in [0.05, 0.1) is 18.9 Å². The van der Waals surface area contributed by atoms with Gasteiger partial charge >= 0.3 is 11.9 Å². The van der Waals surface area contributed by atoms with Gasteiger partial charge < -0.3 is 14.7 Å². The number of hydrogen-bond donors (Lipinski definition) is 1. The zero-order valence-corrected chi connectivity index (χ0v) is 14.1. The van der Waals surface area contributed by atoms with E-state index in [1.807, 2.05) is 13.0 Å². The number of ether oxygens (including phenoxy) is 1. The van der Waals surface area contributed by atoms with Gasteiger partial charge in [-0.25, -0.2) is 0 Å². The molecule has 1 N–H and O–H groups in total. The van der Waals surface area contributed by atoms with E-state index in [1.165, 1.54) is 0 Å². The number of allylic oxidation sites excluding steroid dienone is 2. The van der Waals surface area contributed by atoms with Crippen LogP contribution in [0.4, 0.5) is 0 Å². The van der Waals surface area contributed by atoms with Crippen molar-refractivity contribution in [3.63, 3.8) is 0 Å². The van der Waals surface area contributed by atoms with Crippen molar-refractivity contribution < 1.29 is 24.2 Å². The predicted molar refractivity (Wildman–Crippen MR) is 85.8 cm³/mol. The van der Waals surface area contributed by atoms with E-state index in [0.717, 1.165) is 29.7 Å². The molecule has 3 aliphatic rings. The molecule has 2 aliphatic heterocycles. The lowest BCUT2D eigenvalue weighted by Crippen LogP contribution is -2.55. The zero-order valence-electron chi connectivity index (χ0n) is 14.1. The third-order valence-corrected chi connectivity index (χ3v) is 5.39. The SMILES string of the molecule is CCOC(=O)[C@]12CCCC3=C1N(CC=C3C)C(=O)[C@@H](CC(=O)O)C2. The normalized spacial score (nSPS) is 29.1. The lowest BCUT2D eigenvalue weighted by atomic mass is 9.63. The summed E-state index contributed by atoms with van der Waals surface area (Å²) >= 11 is 0. The fourth-order valence-electron chi connectivity index (χ4n) is 4.39. The Bertz CT molecular complexity index is 662. The summed E-state index contributed by atoms with van der Waals surface area (Å²) in [5.74, 6) is -2.20. The lowest BCUT2D eigenvalue weighted by Gasteiger charge is -2.50. The highest BCUT2D eigenvalue weighted by Gasteiger charge is 2.56. The highest BCUT2D eigenvalue weighted by atomic mass is 16.5. The number of nitrogens with zero attached hydrogens (tertiary/aromatic N) is 1. The Labute approximate surface area is 141 Å². The van der Waals surface area contributed by atoms with Gasteiger partial charge in [-0.2, -0.15) is 0 Å². The van der Waals surface area contributed by atoms with Crippen LogP contribution >= 0.6 is 0 Å². The fraction of sp³-hybridized carbons (Fsp3) is 0.611. The number of rotatable bonds is 4.